The number of aromatic nitrogens is 1. The van der Waals surface area contributed by atoms with Crippen LogP contribution in [0.5, 0.6) is 11.5 Å². The first-order chi connectivity index (χ1) is 30.5. The Morgan fingerprint density at radius 3 is 2.15 bits per heavy atom. The first-order valence-corrected chi connectivity index (χ1v) is 23.3. The summed E-state index contributed by atoms with van der Waals surface area (Å²) >= 11 is 0.579. The van der Waals surface area contributed by atoms with Crippen molar-refractivity contribution < 1.29 is 144 Å². The van der Waals surface area contributed by atoms with E-state index >= 15 is 0 Å². The molecule has 336 valence electrons. The molecular formula is C45H37N4Na3O13S3. The quantitative estimate of drug-likeness (QED) is 0.0404. The van der Waals surface area contributed by atoms with Crippen molar-refractivity contribution in [2.75, 3.05) is 5.32 Å². The molecule has 6 aromatic rings. The number of aromatic carboxylic acids is 1. The number of sulfonamides is 1. The monoisotopic (exact) mass is 1010 g/mol. The van der Waals surface area contributed by atoms with E-state index in [-0.39, 0.29) is 167 Å². The molecule has 0 bridgehead atoms. The van der Waals surface area contributed by atoms with Crippen LogP contribution in [0.15, 0.2) is 115 Å². The summed E-state index contributed by atoms with van der Waals surface area (Å²) in [5.41, 5.74) is -0.401. The van der Waals surface area contributed by atoms with Crippen molar-refractivity contribution in [2.24, 2.45) is 17.5 Å². The van der Waals surface area contributed by atoms with Gasteiger partial charge in [-0.1, -0.05) is 71.0 Å². The summed E-state index contributed by atoms with van der Waals surface area (Å²) in [7, 11) is -7.99. The van der Waals surface area contributed by atoms with E-state index in [0.717, 1.165) is 36.2 Å². The minimum Gasteiger partial charge on any atom is -0.744 e. The van der Waals surface area contributed by atoms with Crippen LogP contribution in [0.25, 0.3) is 22.0 Å². The number of ether oxygens (including phenoxy) is 1. The molecule has 0 saturated carbocycles. The Hall–Kier alpha value is -3.39. The fraction of sp³-hybridized carbons (Fsp3) is 0.200. The SMILES string of the molecule is Cn1c(=O)c(C2=Nc3ccc(C(=O)[O-])cc3S(=O)(=O)N2)c2c3c(c(Nc4ccc(S(=O)(=O)[O-])cc4)cc(Oc4ccc(C(C)(C)CC(C)(C)C)cc4SOO[O-])c31)C(=O)c1ccccc1-2.[Na+].[Na+].[Na+]. The Bertz CT molecular complexity index is 3360. The second kappa shape index (κ2) is 20.8. The maximum absolute atomic E-state index is 15.0. The molecule has 0 spiro atoms. The zero-order valence-corrected chi connectivity index (χ0v) is 46.7. The van der Waals surface area contributed by atoms with Gasteiger partial charge in [0.25, 0.3) is 15.6 Å². The molecule has 5 aromatic carbocycles. The van der Waals surface area contributed by atoms with Crippen molar-refractivity contribution in [2.45, 2.75) is 61.1 Å². The van der Waals surface area contributed by atoms with Gasteiger partial charge in [0.2, 0.25) is 0 Å². The fourth-order valence-corrected chi connectivity index (χ4v) is 10.7. The molecule has 0 fully saturated rings. The third-order valence-corrected chi connectivity index (χ3v) is 13.8. The molecule has 2 N–H and O–H groups in total. The third kappa shape index (κ3) is 10.8. The number of nitrogens with zero attached hydrogens (tertiary/aromatic N) is 2. The van der Waals surface area contributed by atoms with Crippen molar-refractivity contribution in [3.63, 3.8) is 0 Å². The topological polar surface area (TPSA) is 258 Å². The van der Waals surface area contributed by atoms with Gasteiger partial charge in [0.1, 0.15) is 20.8 Å². The Balaban J connectivity index is 0.00000288. The first kappa shape index (κ1) is 55.5. The van der Waals surface area contributed by atoms with E-state index in [0.29, 0.717) is 16.9 Å². The summed E-state index contributed by atoms with van der Waals surface area (Å²) < 4.78 is 78.0. The van der Waals surface area contributed by atoms with Gasteiger partial charge in [-0.15, -0.1) is 0 Å². The number of benzene rings is 5. The largest absolute Gasteiger partial charge is 1.00 e. The minimum atomic E-state index is -4.82. The smallest absolute Gasteiger partial charge is 0.744 e. The number of amidine groups is 1. The summed E-state index contributed by atoms with van der Waals surface area (Å²) in [4.78, 5) is 45.3. The van der Waals surface area contributed by atoms with Crippen LogP contribution in [0, 0.1) is 5.41 Å². The van der Waals surface area contributed by atoms with E-state index in [1.807, 2.05) is 6.07 Å². The molecule has 2 aliphatic rings. The number of nitrogens with one attached hydrogen (secondary N) is 2. The molecule has 23 heteroatoms. The number of aliphatic imine (C=N–C) groups is 1. The van der Waals surface area contributed by atoms with Gasteiger partial charge in [0, 0.05) is 35.3 Å². The van der Waals surface area contributed by atoms with Gasteiger partial charge < -0.3 is 34.3 Å². The van der Waals surface area contributed by atoms with Crippen LogP contribution in [-0.2, 0) is 42.0 Å². The minimum absolute atomic E-state index is 0. The van der Waals surface area contributed by atoms with Crippen molar-refractivity contribution >= 4 is 77.7 Å². The Morgan fingerprint density at radius 2 is 1.53 bits per heavy atom. The van der Waals surface area contributed by atoms with Gasteiger partial charge in [-0.3, -0.25) is 19.3 Å². The summed E-state index contributed by atoms with van der Waals surface area (Å²) in [6, 6.07) is 21.1. The van der Waals surface area contributed by atoms with Crippen molar-refractivity contribution in [3.05, 3.63) is 129 Å². The van der Waals surface area contributed by atoms with Crippen LogP contribution in [0.3, 0.4) is 0 Å². The molecule has 0 atom stereocenters. The Kier molecular flexibility index (Phi) is 17.0. The predicted octanol–water partition coefficient (Wildman–Crippen LogP) is -3.12. The summed E-state index contributed by atoms with van der Waals surface area (Å²) in [5.74, 6) is -2.47. The van der Waals surface area contributed by atoms with Crippen molar-refractivity contribution in [1.82, 2.24) is 9.29 Å². The maximum atomic E-state index is 15.0. The summed E-state index contributed by atoms with van der Waals surface area (Å²) in [6.45, 7) is 10.5. The van der Waals surface area contributed by atoms with Crippen LogP contribution >= 0.6 is 12.0 Å². The van der Waals surface area contributed by atoms with E-state index in [4.69, 9.17) is 9.07 Å². The van der Waals surface area contributed by atoms with Crippen LogP contribution < -0.4 is 119 Å². The van der Waals surface area contributed by atoms with E-state index < -0.39 is 58.6 Å². The number of aryl methyl sites for hydroxylation is 1. The van der Waals surface area contributed by atoms with E-state index in [9.17, 15) is 46.1 Å². The number of carbonyl (C=O) groups is 2. The average Bonchev–Trinajstić information content (AvgIpc) is 3.22. The molecule has 1 aliphatic carbocycles. The average molecular weight is 1010 g/mol. The maximum Gasteiger partial charge on any atom is 1.00 e. The van der Waals surface area contributed by atoms with Crippen molar-refractivity contribution in [1.29, 1.82) is 0 Å². The molecular weight excluding hydrogens is 970 g/mol. The van der Waals surface area contributed by atoms with Gasteiger partial charge in [-0.25, -0.2) is 21.8 Å². The Labute approximate surface area is 461 Å². The molecule has 1 aromatic heterocycles. The molecule has 1 aliphatic heterocycles. The first-order valence-electron chi connectivity index (χ1n) is 19.6. The summed E-state index contributed by atoms with van der Waals surface area (Å²) in [6.07, 6.45) is 0.767. The fourth-order valence-electron chi connectivity index (χ4n) is 8.58. The number of carboxylic acid groups (broad SMARTS) is 1. The van der Waals surface area contributed by atoms with Gasteiger partial charge in [0.15, 0.2) is 17.4 Å². The van der Waals surface area contributed by atoms with Crippen LogP contribution in [0.1, 0.15) is 78.4 Å². The number of pyridine rings is 1. The number of carboxylic acids is 1. The number of ketones is 1. The molecule has 68 heavy (non-hydrogen) atoms. The van der Waals surface area contributed by atoms with Crippen molar-refractivity contribution in [3.8, 4) is 22.6 Å². The number of hydrogen-bond donors (Lipinski definition) is 2. The molecule has 0 amide bonds. The van der Waals surface area contributed by atoms with Gasteiger partial charge >= 0.3 is 88.7 Å². The van der Waals surface area contributed by atoms with Crippen LogP contribution in [-0.4, -0.2) is 43.5 Å². The zero-order chi connectivity index (χ0) is 47.0. The molecule has 0 saturated heterocycles. The van der Waals surface area contributed by atoms with E-state index in [2.05, 4.69) is 54.7 Å². The second-order valence-electron chi connectivity index (χ2n) is 17.3. The second-order valence-corrected chi connectivity index (χ2v) is 21.0. The van der Waals surface area contributed by atoms with E-state index in [1.54, 1.807) is 30.3 Å². The number of fused-ring (bicyclic) bond motifs is 3. The predicted molar refractivity (Wildman–Crippen MR) is 235 cm³/mol. The number of anilines is 2. The van der Waals surface area contributed by atoms with E-state index in [1.165, 1.54) is 41.9 Å². The standard InChI is InChI=1S/C45H40N4O13S3.3Na/c1-44(2,3)22-45(4,5)24-12-18-31(33(20-24)63-62-61-54)60-32-21-30(46-25-13-15-26(16-14-25)65(57,58)59)36-37-35(27-9-7-8-10-28(27)40(36)50)38(42(51)49(6)39(32)37)41-47-29-17-11-23(43(52)53)19-34(29)64(55,56)48-41;;;/h7-21,46,54H,22H2,1-6H3,(H,47,48)(H,52,53)(H,57,58,59);;;/q;3*+1/p-3. The third-order valence-electron chi connectivity index (χ3n) is 11.0. The normalized spacial score (nSPS) is 13.6. The van der Waals surface area contributed by atoms with Gasteiger partial charge in [-0.05, 0) is 82.5 Å². The number of hydrogen-bond acceptors (Lipinski definition) is 16. The molecule has 2 heterocycles. The van der Waals surface area contributed by atoms with Crippen LogP contribution in [0.2, 0.25) is 0 Å². The molecule has 17 nitrogen and oxygen atoms in total. The molecule has 0 unspecified atom stereocenters. The zero-order valence-electron chi connectivity index (χ0n) is 38.3. The van der Waals surface area contributed by atoms with Gasteiger partial charge in [-0.2, -0.15) is 4.33 Å². The number of carbonyl (C=O) groups excluding carboxylic acids is 2. The van der Waals surface area contributed by atoms with Crippen LogP contribution in [0.4, 0.5) is 17.1 Å². The number of rotatable bonds is 12. The molecule has 0 radical (unpaired) electrons. The molecule has 8 rings (SSSR count). The Morgan fingerprint density at radius 1 is 0.868 bits per heavy atom. The summed E-state index contributed by atoms with van der Waals surface area (Å²) in [5, 5.41) is 29.8. The van der Waals surface area contributed by atoms with Gasteiger partial charge in [0.05, 0.1) is 55.8 Å².